The number of thiazole rings is 1. The van der Waals surface area contributed by atoms with Crippen molar-refractivity contribution in [3.05, 3.63) is 105 Å². The molecule has 1 aromatic heterocycles. The van der Waals surface area contributed by atoms with Crippen molar-refractivity contribution in [2.45, 2.75) is 201 Å². The largest absolute Gasteiger partial charge is 0.311 e. The van der Waals surface area contributed by atoms with Crippen molar-refractivity contribution in [1.82, 2.24) is 4.98 Å². The predicted molar refractivity (Wildman–Crippen MR) is 288 cm³/mol. The molecule has 4 bridgehead atoms. The van der Waals surface area contributed by atoms with Crippen LogP contribution in [0.15, 0.2) is 66.7 Å². The quantitative estimate of drug-likeness (QED) is 0.165. The topological polar surface area (TPSA) is 19.4 Å². The fourth-order valence-corrected chi connectivity index (χ4v) is 14.1. The standard InChI is InChI=1S/C61H80BN3S/c1-55(2,3)39-19-20-48-47(30-39)62-51-49(64(48)45-26-40(56(4,5)6)24-41(27-45)57(7,8)9)31-44(61-33-36-21-37(34-61)23-38(22-36)35-61)32-50(51)65(53-52(62)63-54(66-53)60(16,17)18)46-28-42(58(10,11)12)25-43(29-46)59(13,14)15/h19-20,24-32,36-38H,21-23,33-35H2,1-18H3. The molecule has 4 aliphatic carbocycles. The van der Waals surface area contributed by atoms with Crippen LogP contribution in [0, 0.1) is 17.8 Å². The third kappa shape index (κ3) is 7.63. The number of hydrogen-bond donors (Lipinski definition) is 0. The van der Waals surface area contributed by atoms with Gasteiger partial charge in [0.1, 0.15) is 5.00 Å². The third-order valence-electron chi connectivity index (χ3n) is 16.6. The molecular formula is C61H80BN3S. The van der Waals surface area contributed by atoms with Crippen molar-refractivity contribution in [3.63, 3.8) is 0 Å². The highest BCUT2D eigenvalue weighted by Crippen LogP contribution is 2.62. The van der Waals surface area contributed by atoms with Gasteiger partial charge in [0.15, 0.2) is 0 Å². The van der Waals surface area contributed by atoms with Crippen LogP contribution in [0.25, 0.3) is 0 Å². The molecule has 2 aliphatic heterocycles. The number of rotatable bonds is 3. The monoisotopic (exact) mass is 898 g/mol. The second-order valence-electron chi connectivity index (χ2n) is 28.3. The summed E-state index contributed by atoms with van der Waals surface area (Å²) in [4.78, 5) is 11.3. The van der Waals surface area contributed by atoms with Crippen LogP contribution in [0.4, 0.5) is 33.4 Å². The molecule has 0 spiro atoms. The second-order valence-corrected chi connectivity index (χ2v) is 29.2. The van der Waals surface area contributed by atoms with Gasteiger partial charge in [-0.25, -0.2) is 0 Å². The van der Waals surface area contributed by atoms with E-state index in [2.05, 4.69) is 201 Å². The molecule has 5 aromatic rings. The second kappa shape index (κ2) is 14.6. The Bertz CT molecular complexity index is 2660. The molecule has 66 heavy (non-hydrogen) atoms. The summed E-state index contributed by atoms with van der Waals surface area (Å²) >= 11 is 1.94. The summed E-state index contributed by atoms with van der Waals surface area (Å²) in [5, 5.41) is 2.50. The molecule has 0 atom stereocenters. The lowest BCUT2D eigenvalue weighted by molar-refractivity contribution is -0.00514. The van der Waals surface area contributed by atoms with E-state index < -0.39 is 0 Å². The summed E-state index contributed by atoms with van der Waals surface area (Å²) in [5.74, 6) is 2.54. The summed E-state index contributed by atoms with van der Waals surface area (Å²) in [6, 6.07) is 28.1. The lowest BCUT2D eigenvalue weighted by atomic mass is 9.35. The Morgan fingerprint density at radius 3 is 1.33 bits per heavy atom. The van der Waals surface area contributed by atoms with Gasteiger partial charge in [0.25, 0.3) is 6.71 Å². The van der Waals surface area contributed by atoms with E-state index >= 15 is 0 Å². The fourth-order valence-electron chi connectivity index (χ4n) is 12.9. The van der Waals surface area contributed by atoms with Crippen molar-refractivity contribution < 1.29 is 0 Å². The van der Waals surface area contributed by atoms with Gasteiger partial charge in [-0.15, -0.1) is 11.3 Å². The zero-order chi connectivity index (χ0) is 47.6. The molecule has 6 aliphatic rings. The Hall–Kier alpha value is -3.83. The minimum Gasteiger partial charge on any atom is -0.311 e. The predicted octanol–water partition coefficient (Wildman–Crippen LogP) is 15.5. The normalized spacial score (nSPS) is 22.8. The number of fused-ring (bicyclic) bond motifs is 4. The minimum absolute atomic E-state index is 0.00617. The Balaban J connectivity index is 1.37. The minimum atomic E-state index is -0.107. The molecule has 4 saturated carbocycles. The van der Waals surface area contributed by atoms with E-state index in [1.165, 1.54) is 121 Å². The molecular weight excluding hydrogens is 818 g/mol. The molecule has 0 unspecified atom stereocenters. The first-order valence-electron chi connectivity index (χ1n) is 25.7. The van der Waals surface area contributed by atoms with Crippen LogP contribution < -0.4 is 26.3 Å². The van der Waals surface area contributed by atoms with Crippen molar-refractivity contribution >= 4 is 68.0 Å². The van der Waals surface area contributed by atoms with E-state index in [1.807, 2.05) is 11.3 Å². The molecule has 11 rings (SSSR count). The van der Waals surface area contributed by atoms with Crippen molar-refractivity contribution in [2.75, 3.05) is 9.80 Å². The number of nitrogens with zero attached hydrogens (tertiary/aromatic N) is 3. The molecule has 0 radical (unpaired) electrons. The maximum absolute atomic E-state index is 5.88. The maximum atomic E-state index is 5.88. The van der Waals surface area contributed by atoms with Gasteiger partial charge in [0, 0.05) is 33.9 Å². The average molecular weight is 898 g/mol. The van der Waals surface area contributed by atoms with Gasteiger partial charge in [-0.2, -0.15) is 0 Å². The Morgan fingerprint density at radius 1 is 0.485 bits per heavy atom. The summed E-state index contributed by atoms with van der Waals surface area (Å²) < 4.78 is 0. The number of anilines is 6. The first-order chi connectivity index (χ1) is 30.4. The van der Waals surface area contributed by atoms with Crippen LogP contribution in [0.3, 0.4) is 0 Å². The summed E-state index contributed by atoms with van der Waals surface area (Å²) in [5.41, 5.74) is 19.0. The van der Waals surface area contributed by atoms with Crippen molar-refractivity contribution in [3.8, 4) is 0 Å². The molecule has 348 valence electrons. The van der Waals surface area contributed by atoms with Gasteiger partial charge >= 0.3 is 0 Å². The highest BCUT2D eigenvalue weighted by atomic mass is 32.1. The van der Waals surface area contributed by atoms with Gasteiger partial charge in [-0.1, -0.05) is 149 Å². The van der Waals surface area contributed by atoms with Crippen LogP contribution in [-0.2, 0) is 37.9 Å². The zero-order valence-corrected chi connectivity index (χ0v) is 45.0. The third-order valence-corrected chi connectivity index (χ3v) is 18.1. The van der Waals surface area contributed by atoms with Crippen LogP contribution in [0.2, 0.25) is 0 Å². The van der Waals surface area contributed by atoms with Crippen molar-refractivity contribution in [1.29, 1.82) is 0 Å². The Morgan fingerprint density at radius 2 is 0.909 bits per heavy atom. The highest BCUT2D eigenvalue weighted by molar-refractivity contribution is 7.19. The maximum Gasteiger partial charge on any atom is 0.276 e. The van der Waals surface area contributed by atoms with Gasteiger partial charge in [0.2, 0.25) is 0 Å². The van der Waals surface area contributed by atoms with E-state index in [4.69, 9.17) is 4.98 Å². The van der Waals surface area contributed by atoms with Gasteiger partial charge < -0.3 is 9.80 Å². The zero-order valence-electron chi connectivity index (χ0n) is 44.2. The number of hydrogen-bond acceptors (Lipinski definition) is 4. The molecule has 0 saturated heterocycles. The van der Waals surface area contributed by atoms with E-state index in [1.54, 1.807) is 5.56 Å². The van der Waals surface area contributed by atoms with E-state index in [9.17, 15) is 0 Å². The van der Waals surface area contributed by atoms with Gasteiger partial charge in [-0.05, 0) is 176 Å². The number of benzene rings is 4. The molecule has 0 N–H and O–H groups in total. The van der Waals surface area contributed by atoms with E-state index in [-0.39, 0.29) is 44.6 Å². The molecule has 4 fully saturated rings. The average Bonchev–Trinajstić information content (AvgIpc) is 3.64. The van der Waals surface area contributed by atoms with Gasteiger partial charge in [-0.3, -0.25) is 4.98 Å². The molecule has 5 heteroatoms. The highest BCUT2D eigenvalue weighted by Gasteiger charge is 2.54. The molecule has 0 amide bonds. The lowest BCUT2D eigenvalue weighted by Crippen LogP contribution is -2.62. The van der Waals surface area contributed by atoms with Crippen LogP contribution in [-0.4, -0.2) is 11.7 Å². The summed E-state index contributed by atoms with van der Waals surface area (Å²) in [6.07, 6.45) is 8.29. The van der Waals surface area contributed by atoms with Gasteiger partial charge in [0.05, 0.1) is 10.6 Å². The fraction of sp³-hybridized carbons (Fsp3) is 0.557. The Labute approximate surface area is 404 Å². The van der Waals surface area contributed by atoms with Crippen LogP contribution in [0.1, 0.15) is 202 Å². The van der Waals surface area contributed by atoms with Crippen LogP contribution in [0.5, 0.6) is 0 Å². The summed E-state index contributed by atoms with van der Waals surface area (Å²) in [7, 11) is 0. The lowest BCUT2D eigenvalue weighted by Gasteiger charge is -2.57. The molecule has 4 aromatic carbocycles. The summed E-state index contributed by atoms with van der Waals surface area (Å²) in [6.45, 7) is 42.8. The first-order valence-corrected chi connectivity index (χ1v) is 26.5. The molecule has 3 nitrogen and oxygen atoms in total. The van der Waals surface area contributed by atoms with E-state index in [0.29, 0.717) is 0 Å². The number of aromatic nitrogens is 1. The van der Waals surface area contributed by atoms with Crippen molar-refractivity contribution in [2.24, 2.45) is 17.8 Å². The first kappa shape index (κ1) is 45.9. The molecule has 3 heterocycles. The Kier molecular flexibility index (Phi) is 10.2. The smallest absolute Gasteiger partial charge is 0.276 e. The van der Waals surface area contributed by atoms with E-state index in [0.717, 1.165) is 17.8 Å². The SMILES string of the molecule is CC(C)(C)c1cc(N2c3ccc(C(C)(C)C)cc3B3c4nc(C(C)(C)C)sc4N(c4cc(C(C)(C)C)cc(C(C)(C)C)c4)c4cc(C56CC7CC(CC(C7)C5)C6)cc2c43)cc(C(C)(C)C)c1. The van der Waals surface area contributed by atoms with Crippen LogP contribution >= 0.6 is 11.3 Å².